The Bertz CT molecular complexity index is 882. The smallest absolute Gasteiger partial charge is 0.407 e. The molecule has 2 aromatic heterocycles. The van der Waals surface area contributed by atoms with E-state index in [-0.39, 0.29) is 24.3 Å². The van der Waals surface area contributed by atoms with Crippen molar-refractivity contribution in [2.75, 3.05) is 0 Å². The molecule has 38 heavy (non-hydrogen) atoms. The first-order valence-electron chi connectivity index (χ1n) is 13.9. The zero-order chi connectivity index (χ0) is 27.8. The minimum Gasteiger partial charge on any atom is -0.444 e. The zero-order valence-corrected chi connectivity index (χ0v) is 23.8. The molecule has 10 nitrogen and oxygen atoms in total. The van der Waals surface area contributed by atoms with Crippen molar-refractivity contribution in [2.45, 2.75) is 128 Å². The quantitative estimate of drug-likeness (QED) is 0.388. The Morgan fingerprint density at radius 3 is 1.29 bits per heavy atom. The standard InChI is InChI=1S/2C14H23N3O2/c2*1-14(2,3)19-13(18)17-11-6-4-10(5-7-11)12-15-8-9-16-12/h2*8-11H,4-7H2,1-3H3,(H,15,16)(H,17,18). The van der Waals surface area contributed by atoms with Crippen molar-refractivity contribution < 1.29 is 19.1 Å². The lowest BCUT2D eigenvalue weighted by Crippen LogP contribution is -2.40. The second kappa shape index (κ2) is 13.2. The number of carbonyl (C=O) groups excluding carboxylic acids is 2. The van der Waals surface area contributed by atoms with Gasteiger partial charge >= 0.3 is 12.2 Å². The highest BCUT2D eigenvalue weighted by atomic mass is 16.6. The van der Waals surface area contributed by atoms with Crippen LogP contribution in [-0.2, 0) is 9.47 Å². The van der Waals surface area contributed by atoms with Crippen molar-refractivity contribution in [2.24, 2.45) is 0 Å². The monoisotopic (exact) mass is 530 g/mol. The number of nitrogens with zero attached hydrogens (tertiary/aromatic N) is 2. The molecule has 2 aliphatic rings. The Morgan fingerprint density at radius 1 is 0.684 bits per heavy atom. The summed E-state index contributed by atoms with van der Waals surface area (Å²) in [6.45, 7) is 11.3. The summed E-state index contributed by atoms with van der Waals surface area (Å²) < 4.78 is 10.5. The highest BCUT2D eigenvalue weighted by Crippen LogP contribution is 2.32. The average molecular weight is 531 g/mol. The molecule has 0 spiro atoms. The van der Waals surface area contributed by atoms with Crippen molar-refractivity contribution in [3.05, 3.63) is 36.4 Å². The second-order valence-electron chi connectivity index (χ2n) is 12.3. The summed E-state index contributed by atoms with van der Waals surface area (Å²) in [5.41, 5.74) is -0.870. The van der Waals surface area contributed by atoms with Gasteiger partial charge in [-0.2, -0.15) is 0 Å². The fraction of sp³-hybridized carbons (Fsp3) is 0.714. The largest absolute Gasteiger partial charge is 0.444 e. The summed E-state index contributed by atoms with van der Waals surface area (Å²) in [6, 6.07) is 0.446. The maximum atomic E-state index is 11.7. The highest BCUT2D eigenvalue weighted by molar-refractivity contribution is 5.68. The summed E-state index contributed by atoms with van der Waals surface area (Å²) in [5, 5.41) is 5.90. The van der Waals surface area contributed by atoms with E-state index in [0.29, 0.717) is 11.8 Å². The SMILES string of the molecule is CC(C)(C)OC(=O)NC1CCC(c2ncc[nH]2)CC1.CC(C)(C)OC(=O)NC1CCC(c2ncc[nH]2)CC1. The number of hydrogen-bond donors (Lipinski definition) is 4. The summed E-state index contributed by atoms with van der Waals surface area (Å²) in [5.74, 6) is 3.12. The van der Waals surface area contributed by atoms with Crippen LogP contribution in [0.4, 0.5) is 9.59 Å². The highest BCUT2D eigenvalue weighted by Gasteiger charge is 2.27. The molecule has 10 heteroatoms. The van der Waals surface area contributed by atoms with Gasteiger partial charge in [0.1, 0.15) is 22.9 Å². The van der Waals surface area contributed by atoms with E-state index >= 15 is 0 Å². The molecule has 2 aromatic rings. The summed E-state index contributed by atoms with van der Waals surface area (Å²) >= 11 is 0. The lowest BCUT2D eigenvalue weighted by atomic mass is 9.85. The van der Waals surface area contributed by atoms with Crippen molar-refractivity contribution in [3.8, 4) is 0 Å². The van der Waals surface area contributed by atoms with Gasteiger partial charge in [-0.25, -0.2) is 19.6 Å². The summed E-state index contributed by atoms with van der Waals surface area (Å²) in [7, 11) is 0. The van der Waals surface area contributed by atoms with Crippen LogP contribution < -0.4 is 10.6 Å². The van der Waals surface area contributed by atoms with Crippen LogP contribution in [0, 0.1) is 0 Å². The van der Waals surface area contributed by atoms with Gasteiger partial charge < -0.3 is 30.1 Å². The van der Waals surface area contributed by atoms with Crippen LogP contribution in [0.25, 0.3) is 0 Å². The van der Waals surface area contributed by atoms with Gasteiger partial charge in [-0.3, -0.25) is 0 Å². The number of aromatic amines is 2. The first-order chi connectivity index (χ1) is 17.9. The van der Waals surface area contributed by atoms with Crippen molar-refractivity contribution in [3.63, 3.8) is 0 Å². The molecule has 0 saturated heterocycles. The average Bonchev–Trinajstić information content (AvgIpc) is 3.53. The summed E-state index contributed by atoms with van der Waals surface area (Å²) in [4.78, 5) is 38.3. The number of ether oxygens (including phenoxy) is 2. The molecule has 0 aromatic carbocycles. The molecule has 0 bridgehead atoms. The topological polar surface area (TPSA) is 134 Å². The van der Waals surface area contributed by atoms with Crippen LogP contribution >= 0.6 is 0 Å². The zero-order valence-electron chi connectivity index (χ0n) is 23.8. The normalized spacial score (nSPS) is 23.9. The molecule has 4 N–H and O–H groups in total. The Hall–Kier alpha value is -3.04. The van der Waals surface area contributed by atoms with Gasteiger partial charge in [0.2, 0.25) is 0 Å². The van der Waals surface area contributed by atoms with E-state index < -0.39 is 11.2 Å². The molecule has 0 unspecified atom stereocenters. The van der Waals surface area contributed by atoms with Gasteiger partial charge in [0.15, 0.2) is 0 Å². The first-order valence-corrected chi connectivity index (χ1v) is 13.9. The molecular formula is C28H46N6O4. The fourth-order valence-corrected chi connectivity index (χ4v) is 4.97. The van der Waals surface area contributed by atoms with Crippen LogP contribution in [0.1, 0.15) is 116 Å². The first kappa shape index (κ1) is 29.5. The Morgan fingerprint density at radius 2 is 1.03 bits per heavy atom. The number of carbonyl (C=O) groups is 2. The van der Waals surface area contributed by atoms with Crippen LogP contribution in [0.15, 0.2) is 24.8 Å². The van der Waals surface area contributed by atoms with Crippen LogP contribution in [-0.4, -0.2) is 55.4 Å². The Labute approximate surface area is 226 Å². The molecule has 2 heterocycles. The van der Waals surface area contributed by atoms with Crippen molar-refractivity contribution in [1.82, 2.24) is 30.6 Å². The number of hydrogen-bond acceptors (Lipinski definition) is 6. The third-order valence-corrected chi connectivity index (χ3v) is 6.71. The lowest BCUT2D eigenvalue weighted by molar-refractivity contribution is 0.0479. The number of alkyl carbamates (subject to hydrolysis) is 2. The number of amides is 2. The van der Waals surface area contributed by atoms with E-state index in [1.807, 2.05) is 53.9 Å². The van der Waals surface area contributed by atoms with E-state index in [1.165, 1.54) is 0 Å². The molecule has 0 radical (unpaired) electrons. The minimum absolute atomic E-state index is 0.223. The van der Waals surface area contributed by atoms with Gasteiger partial charge in [-0.15, -0.1) is 0 Å². The predicted octanol–water partition coefficient (Wildman–Crippen LogP) is 5.92. The molecule has 2 saturated carbocycles. The maximum Gasteiger partial charge on any atom is 0.407 e. The molecular weight excluding hydrogens is 484 g/mol. The number of aromatic nitrogens is 4. The van der Waals surface area contributed by atoms with E-state index in [4.69, 9.17) is 9.47 Å². The molecule has 212 valence electrons. The molecule has 2 fully saturated rings. The van der Waals surface area contributed by atoms with Crippen LogP contribution in [0.5, 0.6) is 0 Å². The number of nitrogens with one attached hydrogen (secondary N) is 4. The molecule has 2 aliphatic carbocycles. The van der Waals surface area contributed by atoms with Gasteiger partial charge in [0, 0.05) is 48.7 Å². The predicted molar refractivity (Wildman–Crippen MR) is 146 cm³/mol. The Balaban J connectivity index is 0.000000211. The Kier molecular flexibility index (Phi) is 10.2. The van der Waals surface area contributed by atoms with E-state index in [0.717, 1.165) is 63.0 Å². The van der Waals surface area contributed by atoms with E-state index in [9.17, 15) is 9.59 Å². The number of H-pyrrole nitrogens is 2. The third kappa shape index (κ3) is 10.4. The van der Waals surface area contributed by atoms with E-state index in [1.54, 1.807) is 12.4 Å². The van der Waals surface area contributed by atoms with Gasteiger partial charge in [-0.1, -0.05) is 0 Å². The third-order valence-electron chi connectivity index (χ3n) is 6.71. The minimum atomic E-state index is -0.435. The van der Waals surface area contributed by atoms with E-state index in [2.05, 4.69) is 30.6 Å². The lowest BCUT2D eigenvalue weighted by Gasteiger charge is -2.29. The maximum absolute atomic E-state index is 11.7. The van der Waals surface area contributed by atoms with Crippen LogP contribution in [0.2, 0.25) is 0 Å². The number of rotatable bonds is 4. The van der Waals surface area contributed by atoms with Crippen molar-refractivity contribution in [1.29, 1.82) is 0 Å². The second-order valence-corrected chi connectivity index (χ2v) is 12.3. The molecule has 0 aliphatic heterocycles. The molecule has 0 atom stereocenters. The number of imidazole rings is 2. The van der Waals surface area contributed by atoms with Gasteiger partial charge in [0.25, 0.3) is 0 Å². The van der Waals surface area contributed by atoms with Crippen LogP contribution in [0.3, 0.4) is 0 Å². The van der Waals surface area contributed by atoms with Gasteiger partial charge in [0.05, 0.1) is 0 Å². The van der Waals surface area contributed by atoms with Crippen molar-refractivity contribution >= 4 is 12.2 Å². The van der Waals surface area contributed by atoms with Gasteiger partial charge in [-0.05, 0) is 92.9 Å². The molecule has 4 rings (SSSR count). The fourth-order valence-electron chi connectivity index (χ4n) is 4.97. The molecule has 2 amide bonds. The summed E-state index contributed by atoms with van der Waals surface area (Å²) in [6.07, 6.45) is 14.8.